The average molecular weight is 286 g/mol. The van der Waals surface area contributed by atoms with Crippen LogP contribution in [0.15, 0.2) is 48.5 Å². The molecule has 0 heterocycles. The molecule has 1 aliphatic carbocycles. The molecule has 0 aromatic heterocycles. The van der Waals surface area contributed by atoms with Gasteiger partial charge < -0.3 is 5.32 Å². The SMILES string of the molecule is Cc1cccc(C2CC(NCc3cccc(Cl)c3)C2)c1. The van der Waals surface area contributed by atoms with E-state index in [2.05, 4.69) is 42.6 Å². The van der Waals surface area contributed by atoms with Gasteiger partial charge in [-0.1, -0.05) is 53.6 Å². The van der Waals surface area contributed by atoms with Crippen molar-refractivity contribution in [3.63, 3.8) is 0 Å². The van der Waals surface area contributed by atoms with Crippen molar-refractivity contribution in [2.24, 2.45) is 0 Å². The summed E-state index contributed by atoms with van der Waals surface area (Å²) in [5.74, 6) is 0.728. The van der Waals surface area contributed by atoms with Crippen LogP contribution in [0.5, 0.6) is 0 Å². The van der Waals surface area contributed by atoms with Gasteiger partial charge in [-0.15, -0.1) is 0 Å². The number of halogens is 1. The molecule has 3 rings (SSSR count). The third-order valence-corrected chi connectivity index (χ3v) is 4.37. The van der Waals surface area contributed by atoms with Crippen LogP contribution in [0.25, 0.3) is 0 Å². The molecule has 1 nitrogen and oxygen atoms in total. The third-order valence-electron chi connectivity index (χ3n) is 4.14. The fourth-order valence-electron chi connectivity index (χ4n) is 2.89. The molecule has 0 atom stereocenters. The molecule has 1 fully saturated rings. The molecule has 1 saturated carbocycles. The highest BCUT2D eigenvalue weighted by molar-refractivity contribution is 6.30. The third kappa shape index (κ3) is 3.23. The molecule has 2 aromatic rings. The van der Waals surface area contributed by atoms with Crippen molar-refractivity contribution in [3.05, 3.63) is 70.2 Å². The maximum absolute atomic E-state index is 6.00. The number of nitrogens with one attached hydrogen (secondary N) is 1. The van der Waals surface area contributed by atoms with Crippen molar-refractivity contribution in [2.75, 3.05) is 0 Å². The highest BCUT2D eigenvalue weighted by atomic mass is 35.5. The van der Waals surface area contributed by atoms with E-state index >= 15 is 0 Å². The molecule has 104 valence electrons. The standard InChI is InChI=1S/C18H20ClN/c1-13-4-2-6-15(8-13)16-10-18(11-16)20-12-14-5-3-7-17(19)9-14/h2-9,16,18,20H,10-12H2,1H3. The Morgan fingerprint density at radius 2 is 1.90 bits per heavy atom. The molecular weight excluding hydrogens is 266 g/mol. The molecule has 2 heteroatoms. The molecule has 0 spiro atoms. The maximum atomic E-state index is 6.00. The van der Waals surface area contributed by atoms with Gasteiger partial charge in [0.15, 0.2) is 0 Å². The van der Waals surface area contributed by atoms with Crippen molar-refractivity contribution in [3.8, 4) is 0 Å². The summed E-state index contributed by atoms with van der Waals surface area (Å²) in [6, 6.07) is 17.6. The van der Waals surface area contributed by atoms with E-state index in [4.69, 9.17) is 11.6 Å². The largest absolute Gasteiger partial charge is 0.310 e. The van der Waals surface area contributed by atoms with Gasteiger partial charge in [0.25, 0.3) is 0 Å². The van der Waals surface area contributed by atoms with Crippen LogP contribution in [-0.2, 0) is 6.54 Å². The van der Waals surface area contributed by atoms with Crippen LogP contribution in [0.1, 0.15) is 35.4 Å². The van der Waals surface area contributed by atoms with Crippen LogP contribution in [0, 0.1) is 6.92 Å². The van der Waals surface area contributed by atoms with Gasteiger partial charge in [-0.25, -0.2) is 0 Å². The summed E-state index contributed by atoms with van der Waals surface area (Å²) in [6.45, 7) is 3.07. The lowest BCUT2D eigenvalue weighted by atomic mass is 9.75. The summed E-state index contributed by atoms with van der Waals surface area (Å²) in [7, 11) is 0. The zero-order valence-corrected chi connectivity index (χ0v) is 12.5. The maximum Gasteiger partial charge on any atom is 0.0409 e. The molecule has 1 N–H and O–H groups in total. The molecule has 1 aliphatic rings. The van der Waals surface area contributed by atoms with Crippen LogP contribution < -0.4 is 5.32 Å². The van der Waals surface area contributed by atoms with Crippen molar-refractivity contribution in [2.45, 2.75) is 38.3 Å². The number of aryl methyl sites for hydroxylation is 1. The zero-order valence-electron chi connectivity index (χ0n) is 11.8. The molecule has 0 bridgehead atoms. The van der Waals surface area contributed by atoms with Gasteiger partial charge in [0.05, 0.1) is 0 Å². The smallest absolute Gasteiger partial charge is 0.0409 e. The highest BCUT2D eigenvalue weighted by Gasteiger charge is 2.29. The lowest BCUT2D eigenvalue weighted by molar-refractivity contribution is 0.289. The molecule has 20 heavy (non-hydrogen) atoms. The molecular formula is C18H20ClN. The molecule has 0 aliphatic heterocycles. The summed E-state index contributed by atoms with van der Waals surface area (Å²) in [5.41, 5.74) is 4.11. The van der Waals surface area contributed by atoms with E-state index in [0.29, 0.717) is 6.04 Å². The predicted molar refractivity (Wildman–Crippen MR) is 85.2 cm³/mol. The van der Waals surface area contributed by atoms with Crippen molar-refractivity contribution in [1.82, 2.24) is 5.32 Å². The Kier molecular flexibility index (Phi) is 4.09. The second-order valence-electron chi connectivity index (χ2n) is 5.79. The number of hydrogen-bond acceptors (Lipinski definition) is 1. The minimum Gasteiger partial charge on any atom is -0.310 e. The van der Waals surface area contributed by atoms with E-state index in [1.165, 1.54) is 29.5 Å². The average Bonchev–Trinajstić information content (AvgIpc) is 2.37. The quantitative estimate of drug-likeness (QED) is 0.860. The van der Waals surface area contributed by atoms with E-state index in [-0.39, 0.29) is 0 Å². The first-order valence-electron chi connectivity index (χ1n) is 7.25. The number of hydrogen-bond donors (Lipinski definition) is 1. The topological polar surface area (TPSA) is 12.0 Å². The Labute approximate surface area is 126 Å². The van der Waals surface area contributed by atoms with Crippen LogP contribution in [0.4, 0.5) is 0 Å². The Morgan fingerprint density at radius 1 is 1.10 bits per heavy atom. The second kappa shape index (κ2) is 5.99. The fourth-order valence-corrected chi connectivity index (χ4v) is 3.10. The zero-order chi connectivity index (χ0) is 13.9. The normalized spacial score (nSPS) is 21.5. The summed E-state index contributed by atoms with van der Waals surface area (Å²) in [5, 5.41) is 4.43. The second-order valence-corrected chi connectivity index (χ2v) is 6.23. The van der Waals surface area contributed by atoms with Crippen molar-refractivity contribution >= 4 is 11.6 Å². The fraction of sp³-hybridized carbons (Fsp3) is 0.333. The Balaban J connectivity index is 1.49. The van der Waals surface area contributed by atoms with E-state index in [9.17, 15) is 0 Å². The van der Waals surface area contributed by atoms with E-state index < -0.39 is 0 Å². The summed E-state index contributed by atoms with van der Waals surface area (Å²) in [4.78, 5) is 0. The molecule has 0 unspecified atom stereocenters. The van der Waals surface area contributed by atoms with Crippen LogP contribution in [0.2, 0.25) is 5.02 Å². The first-order chi connectivity index (χ1) is 9.70. The lowest BCUT2D eigenvalue weighted by Crippen LogP contribution is -2.39. The van der Waals surface area contributed by atoms with Gasteiger partial charge in [0.2, 0.25) is 0 Å². The van der Waals surface area contributed by atoms with E-state index in [0.717, 1.165) is 17.5 Å². The molecule has 0 radical (unpaired) electrons. The van der Waals surface area contributed by atoms with Gasteiger partial charge in [-0.3, -0.25) is 0 Å². The lowest BCUT2D eigenvalue weighted by Gasteiger charge is -2.36. The molecule has 2 aromatic carbocycles. The number of benzene rings is 2. The predicted octanol–water partition coefficient (Wildman–Crippen LogP) is 4.68. The van der Waals surface area contributed by atoms with Crippen molar-refractivity contribution in [1.29, 1.82) is 0 Å². The molecule has 0 amide bonds. The summed E-state index contributed by atoms with van der Waals surface area (Å²) >= 11 is 6.00. The van der Waals surface area contributed by atoms with Gasteiger partial charge in [-0.05, 0) is 48.9 Å². The van der Waals surface area contributed by atoms with Gasteiger partial charge >= 0.3 is 0 Å². The van der Waals surface area contributed by atoms with Crippen LogP contribution in [-0.4, -0.2) is 6.04 Å². The van der Waals surface area contributed by atoms with Crippen molar-refractivity contribution < 1.29 is 0 Å². The minimum absolute atomic E-state index is 0.638. The van der Waals surface area contributed by atoms with Gasteiger partial charge in [0, 0.05) is 17.6 Å². The monoisotopic (exact) mass is 285 g/mol. The Morgan fingerprint density at radius 3 is 2.65 bits per heavy atom. The summed E-state index contributed by atoms with van der Waals surface area (Å²) < 4.78 is 0. The Hall–Kier alpha value is -1.31. The highest BCUT2D eigenvalue weighted by Crippen LogP contribution is 2.37. The van der Waals surface area contributed by atoms with Crippen LogP contribution >= 0.6 is 11.6 Å². The van der Waals surface area contributed by atoms with Crippen LogP contribution in [0.3, 0.4) is 0 Å². The van der Waals surface area contributed by atoms with Gasteiger partial charge in [0.1, 0.15) is 0 Å². The first kappa shape index (κ1) is 13.7. The summed E-state index contributed by atoms with van der Waals surface area (Å²) in [6.07, 6.45) is 2.48. The first-order valence-corrected chi connectivity index (χ1v) is 7.63. The number of rotatable bonds is 4. The minimum atomic E-state index is 0.638. The van der Waals surface area contributed by atoms with E-state index in [1.54, 1.807) is 0 Å². The van der Waals surface area contributed by atoms with Gasteiger partial charge in [-0.2, -0.15) is 0 Å². The van der Waals surface area contributed by atoms with E-state index in [1.807, 2.05) is 18.2 Å². The Bertz CT molecular complexity index is 585. The molecule has 0 saturated heterocycles.